The van der Waals surface area contributed by atoms with E-state index in [4.69, 9.17) is 30.5 Å². The van der Waals surface area contributed by atoms with Crippen LogP contribution in [0.4, 0.5) is 0 Å². The molecule has 0 amide bonds. The maximum atomic E-state index is 6.34. The summed E-state index contributed by atoms with van der Waals surface area (Å²) in [6.07, 6.45) is 0.868. The first kappa shape index (κ1) is 24.6. The highest BCUT2D eigenvalue weighted by Crippen LogP contribution is 2.39. The predicted octanol–water partition coefficient (Wildman–Crippen LogP) is 6.67. The van der Waals surface area contributed by atoms with E-state index in [-0.39, 0.29) is 5.92 Å². The van der Waals surface area contributed by atoms with Crippen LogP contribution in [0.15, 0.2) is 64.8 Å². The first-order valence-corrected chi connectivity index (χ1v) is 11.8. The van der Waals surface area contributed by atoms with Gasteiger partial charge in [0, 0.05) is 33.3 Å². The molecule has 0 aromatic heterocycles. The van der Waals surface area contributed by atoms with Crippen molar-refractivity contribution in [3.05, 3.63) is 81.9 Å². The molecule has 0 aliphatic carbocycles. The molecule has 1 atom stereocenters. The largest absolute Gasteiger partial charge is 0.493 e. The van der Waals surface area contributed by atoms with Gasteiger partial charge >= 0.3 is 0 Å². The summed E-state index contributed by atoms with van der Waals surface area (Å²) in [7, 11) is 4.86. The first-order chi connectivity index (χ1) is 17.0. The predicted molar refractivity (Wildman–Crippen MR) is 140 cm³/mol. The third-order valence-electron chi connectivity index (χ3n) is 6.18. The van der Waals surface area contributed by atoms with Gasteiger partial charge in [0.15, 0.2) is 23.0 Å². The molecule has 1 aliphatic rings. The molecular formula is C28H29ClN2O4. The molecule has 0 fully saturated rings. The Morgan fingerprint density at radius 3 is 2.23 bits per heavy atom. The van der Waals surface area contributed by atoms with Crippen molar-refractivity contribution in [2.45, 2.75) is 32.8 Å². The average Bonchev–Trinajstić information content (AvgIpc) is 3.02. The Kier molecular flexibility index (Phi) is 7.61. The Labute approximate surface area is 211 Å². The molecule has 6 nitrogen and oxygen atoms in total. The molecule has 0 saturated carbocycles. The number of methoxy groups -OCH3 is 3. The van der Waals surface area contributed by atoms with Gasteiger partial charge in [0.25, 0.3) is 0 Å². The van der Waals surface area contributed by atoms with E-state index in [1.807, 2.05) is 61.5 Å². The van der Waals surface area contributed by atoms with Crippen LogP contribution in [0.3, 0.4) is 0 Å². The monoisotopic (exact) mass is 492 g/mol. The summed E-state index contributed by atoms with van der Waals surface area (Å²) >= 11 is 6.34. The van der Waals surface area contributed by atoms with E-state index >= 15 is 0 Å². The maximum Gasteiger partial charge on any atom is 0.162 e. The smallest absolute Gasteiger partial charge is 0.162 e. The first-order valence-electron chi connectivity index (χ1n) is 11.4. The van der Waals surface area contributed by atoms with E-state index < -0.39 is 0 Å². The molecule has 7 heteroatoms. The number of hydrogen-bond donors (Lipinski definition) is 0. The normalized spacial score (nSPS) is 14.9. The second-order valence-corrected chi connectivity index (χ2v) is 8.60. The molecule has 1 aliphatic heterocycles. The standard InChI is InChI=1S/C28H29ClN2O4/c1-6-20-17(2)30-31-28(18-11-12-24(32-3)25(13-18)33-4)22-15-26(34-5)27(14-21(20)22)35-16-19-9-7-8-10-23(19)29/h7-15,20H,6,16H2,1-5H3. The highest BCUT2D eigenvalue weighted by atomic mass is 35.5. The number of hydrogen-bond acceptors (Lipinski definition) is 6. The third-order valence-corrected chi connectivity index (χ3v) is 6.55. The van der Waals surface area contributed by atoms with Gasteiger partial charge in [-0.3, -0.25) is 0 Å². The van der Waals surface area contributed by atoms with Crippen LogP contribution in [0.25, 0.3) is 0 Å². The van der Waals surface area contributed by atoms with Crippen molar-refractivity contribution in [2.24, 2.45) is 10.2 Å². The van der Waals surface area contributed by atoms with Gasteiger partial charge in [0.05, 0.1) is 21.3 Å². The molecule has 4 rings (SSSR count). The highest BCUT2D eigenvalue weighted by molar-refractivity contribution is 6.31. The van der Waals surface area contributed by atoms with Crippen molar-refractivity contribution >= 4 is 23.0 Å². The Bertz CT molecular complexity index is 1290. The SMILES string of the molecule is CCC1C(C)=NN=C(c2ccc(OC)c(OC)c2)c2cc(OC)c(OCc3ccccc3Cl)cc21. The molecule has 1 heterocycles. The van der Waals surface area contributed by atoms with Gasteiger partial charge in [-0.25, -0.2) is 0 Å². The van der Waals surface area contributed by atoms with E-state index in [0.717, 1.165) is 40.1 Å². The summed E-state index contributed by atoms with van der Waals surface area (Å²) in [4.78, 5) is 0. The van der Waals surface area contributed by atoms with Crippen LogP contribution < -0.4 is 18.9 Å². The number of rotatable bonds is 8. The molecule has 0 N–H and O–H groups in total. The zero-order chi connectivity index (χ0) is 24.9. The van der Waals surface area contributed by atoms with Gasteiger partial charge < -0.3 is 18.9 Å². The minimum absolute atomic E-state index is 0.0833. The van der Waals surface area contributed by atoms with Crippen molar-refractivity contribution in [1.82, 2.24) is 0 Å². The molecule has 0 spiro atoms. The third kappa shape index (κ3) is 4.98. The van der Waals surface area contributed by atoms with Crippen LogP contribution in [0.2, 0.25) is 5.02 Å². The van der Waals surface area contributed by atoms with Crippen molar-refractivity contribution in [2.75, 3.05) is 21.3 Å². The van der Waals surface area contributed by atoms with Crippen LogP contribution in [0.1, 0.15) is 48.4 Å². The van der Waals surface area contributed by atoms with Crippen molar-refractivity contribution in [1.29, 1.82) is 0 Å². The minimum atomic E-state index is 0.0833. The van der Waals surface area contributed by atoms with Gasteiger partial charge in [0.2, 0.25) is 0 Å². The van der Waals surface area contributed by atoms with Gasteiger partial charge in [-0.15, -0.1) is 5.10 Å². The molecule has 0 bridgehead atoms. The van der Waals surface area contributed by atoms with Crippen LogP contribution >= 0.6 is 11.6 Å². The summed E-state index contributed by atoms with van der Waals surface area (Å²) in [6, 6.07) is 17.4. The number of fused-ring (bicyclic) bond motifs is 1. The van der Waals surface area contributed by atoms with Gasteiger partial charge in [0.1, 0.15) is 12.3 Å². The van der Waals surface area contributed by atoms with E-state index in [0.29, 0.717) is 34.6 Å². The van der Waals surface area contributed by atoms with Crippen molar-refractivity contribution in [3.8, 4) is 23.0 Å². The Morgan fingerprint density at radius 1 is 0.829 bits per heavy atom. The lowest BCUT2D eigenvalue weighted by atomic mass is 9.85. The van der Waals surface area contributed by atoms with Crippen LogP contribution in [-0.2, 0) is 6.61 Å². The quantitative estimate of drug-likeness (QED) is 0.352. The second kappa shape index (κ2) is 10.8. The number of benzene rings is 3. The zero-order valence-corrected chi connectivity index (χ0v) is 21.3. The summed E-state index contributed by atoms with van der Waals surface area (Å²) in [5.41, 5.74) is 5.45. The van der Waals surface area contributed by atoms with Gasteiger partial charge in [-0.1, -0.05) is 36.7 Å². The van der Waals surface area contributed by atoms with Crippen molar-refractivity contribution in [3.63, 3.8) is 0 Å². The van der Waals surface area contributed by atoms with Gasteiger partial charge in [-0.05, 0) is 55.3 Å². The molecule has 35 heavy (non-hydrogen) atoms. The fraction of sp³-hybridized carbons (Fsp3) is 0.286. The Morgan fingerprint density at radius 2 is 1.54 bits per heavy atom. The Balaban J connectivity index is 1.82. The molecule has 182 valence electrons. The topological polar surface area (TPSA) is 61.6 Å². The summed E-state index contributed by atoms with van der Waals surface area (Å²) < 4.78 is 22.9. The second-order valence-electron chi connectivity index (χ2n) is 8.19. The van der Waals surface area contributed by atoms with E-state index in [2.05, 4.69) is 17.1 Å². The highest BCUT2D eigenvalue weighted by Gasteiger charge is 2.26. The number of nitrogens with zero attached hydrogens (tertiary/aromatic N) is 2. The van der Waals surface area contributed by atoms with E-state index in [1.165, 1.54) is 0 Å². The molecule has 3 aromatic carbocycles. The maximum absolute atomic E-state index is 6.34. The number of halogens is 1. The molecular weight excluding hydrogens is 464 g/mol. The fourth-order valence-electron chi connectivity index (χ4n) is 4.30. The molecule has 1 unspecified atom stereocenters. The van der Waals surface area contributed by atoms with E-state index in [1.54, 1.807) is 21.3 Å². The summed E-state index contributed by atoms with van der Waals surface area (Å²) in [6.45, 7) is 4.48. The van der Waals surface area contributed by atoms with Crippen molar-refractivity contribution < 1.29 is 18.9 Å². The van der Waals surface area contributed by atoms with E-state index in [9.17, 15) is 0 Å². The molecule has 0 saturated heterocycles. The average molecular weight is 493 g/mol. The lowest BCUT2D eigenvalue weighted by molar-refractivity contribution is 0.284. The van der Waals surface area contributed by atoms with Gasteiger partial charge in [-0.2, -0.15) is 5.10 Å². The summed E-state index contributed by atoms with van der Waals surface area (Å²) in [5.74, 6) is 2.61. The lowest BCUT2D eigenvalue weighted by Crippen LogP contribution is -2.13. The Hall–Kier alpha value is -3.51. The molecule has 3 aromatic rings. The summed E-state index contributed by atoms with van der Waals surface area (Å²) in [5, 5.41) is 9.89. The van der Waals surface area contributed by atoms with Crippen LogP contribution in [0.5, 0.6) is 23.0 Å². The van der Waals surface area contributed by atoms with Crippen LogP contribution in [0, 0.1) is 0 Å². The minimum Gasteiger partial charge on any atom is -0.493 e. The lowest BCUT2D eigenvalue weighted by Gasteiger charge is -2.21. The molecule has 0 radical (unpaired) electrons. The van der Waals surface area contributed by atoms with Crippen LogP contribution in [-0.4, -0.2) is 32.8 Å². The number of ether oxygens (including phenoxy) is 4. The zero-order valence-electron chi connectivity index (χ0n) is 20.6. The fourth-order valence-corrected chi connectivity index (χ4v) is 4.49.